The first-order chi connectivity index (χ1) is 45.9. The van der Waals surface area contributed by atoms with Gasteiger partial charge in [-0.05, 0) is 41.0 Å². The predicted octanol–water partition coefficient (Wildman–Crippen LogP) is -2.90. The number of rotatable bonds is 32. The largest absolute Gasteiger partial charge is 0.780 e. The van der Waals surface area contributed by atoms with Gasteiger partial charge in [0.25, 0.3) is 22.2 Å². The van der Waals surface area contributed by atoms with E-state index >= 15 is 0 Å². The number of aromatic nitrogens is 10. The van der Waals surface area contributed by atoms with E-state index in [0.29, 0.717) is 0 Å². The molecule has 40 nitrogen and oxygen atoms in total. The van der Waals surface area contributed by atoms with E-state index in [-0.39, 0.29) is 59.9 Å². The maximum absolute atomic E-state index is 14.6. The van der Waals surface area contributed by atoms with E-state index in [4.69, 9.17) is 139 Å². The van der Waals surface area contributed by atoms with Crippen LogP contribution in [0.2, 0.25) is 0 Å². The molecule has 0 aromatic carbocycles. The van der Waals surface area contributed by atoms with E-state index in [2.05, 4.69) is 29.9 Å². The molecular formula is C48H65N11O29P5S5-5. The SMILES string of the molecule is COC1[C@@H](OP(=O)([S-])OC[C@H]2O[C@@H](n3cc(C)c(=O)[nH]c3=O)C(OC)[C@H]2OP([O-])(=S)OCCCO)[C@@H](COP([O-])(=S)O[C@@H]2C[C@H](n3cc(C)c(=O)[nH]c3=O)O[C@@H]2COP([O-])(=S)O[C@@H]2C[C@H](n3cnc4c(=O)[nH]c(N)nc43)O[C@@H]2COP([O-])(=S)OC(C)C)O[C@H]1n1cc(C)c(=O)[nH]c1=O. The van der Waals surface area contributed by atoms with Crippen molar-refractivity contribution < 1.29 is 103 Å². The molecule has 546 valence electrons. The number of hydrogen-bond donors (Lipinski definition) is 6. The number of ether oxygens (including phenoxy) is 6. The molecule has 0 aliphatic carbocycles. The predicted molar refractivity (Wildman–Crippen MR) is 346 cm³/mol. The number of aliphatic hydroxyl groups excluding tert-OH is 1. The Morgan fingerprint density at radius 3 is 1.51 bits per heavy atom. The number of nitrogen functional groups attached to an aromatic ring is 1. The lowest BCUT2D eigenvalue weighted by Gasteiger charge is -2.36. The fraction of sp³-hybridized carbons (Fsp3) is 0.646. The summed E-state index contributed by atoms with van der Waals surface area (Å²) in [5, 5.41) is 9.30. The zero-order valence-electron chi connectivity index (χ0n) is 52.2. The Kier molecular flexibility index (Phi) is 25.9. The lowest BCUT2D eigenvalue weighted by atomic mass is 10.1. The van der Waals surface area contributed by atoms with Crippen molar-refractivity contribution in [1.82, 2.24) is 48.2 Å². The first-order valence-electron chi connectivity index (χ1n) is 29.1. The van der Waals surface area contributed by atoms with E-state index in [1.807, 2.05) is 0 Å². The van der Waals surface area contributed by atoms with Crippen LogP contribution in [0.4, 0.5) is 5.95 Å². The van der Waals surface area contributed by atoms with Gasteiger partial charge in [0.2, 0.25) is 5.95 Å². The molecule has 9 rings (SSSR count). The van der Waals surface area contributed by atoms with Crippen LogP contribution in [-0.2, 0) is 138 Å². The van der Waals surface area contributed by atoms with E-state index in [1.54, 1.807) is 13.8 Å². The number of nitrogens with two attached hydrogens (primary N) is 1. The molecule has 0 spiro atoms. The lowest BCUT2D eigenvalue weighted by molar-refractivity contribution is -0.220. The zero-order valence-corrected chi connectivity index (χ0v) is 60.8. The first kappa shape index (κ1) is 78.7. The van der Waals surface area contributed by atoms with Gasteiger partial charge in [-0.3, -0.25) is 61.9 Å². The summed E-state index contributed by atoms with van der Waals surface area (Å²) in [4.78, 5) is 162. The number of nitrogens with one attached hydrogen (secondary N) is 4. The Bertz CT molecular complexity index is 4420. The monoisotopic (exact) mass is 1570 g/mol. The lowest BCUT2D eigenvalue weighted by Crippen LogP contribution is -2.41. The van der Waals surface area contributed by atoms with Crippen LogP contribution in [0, 0.1) is 20.8 Å². The van der Waals surface area contributed by atoms with Gasteiger partial charge in [-0.2, -0.15) is 4.98 Å². The second-order valence-corrected chi connectivity index (χ2v) is 35.9. The second-order valence-electron chi connectivity index (χ2n) is 22.4. The molecule has 4 aliphatic heterocycles. The summed E-state index contributed by atoms with van der Waals surface area (Å²) in [5.41, 5.74) is -0.176. The highest BCUT2D eigenvalue weighted by atomic mass is 32.7. The van der Waals surface area contributed by atoms with Crippen molar-refractivity contribution in [3.05, 3.63) is 114 Å². The van der Waals surface area contributed by atoms with Crippen molar-refractivity contribution in [2.24, 2.45) is 0 Å². The molecule has 5 aromatic rings. The smallest absolute Gasteiger partial charge is 0.330 e. The summed E-state index contributed by atoms with van der Waals surface area (Å²) >= 11 is 26.4. The van der Waals surface area contributed by atoms with Crippen LogP contribution in [0.5, 0.6) is 0 Å². The first-order valence-corrected chi connectivity index (χ1v) is 41.9. The van der Waals surface area contributed by atoms with Crippen molar-refractivity contribution in [3.63, 3.8) is 0 Å². The van der Waals surface area contributed by atoms with Gasteiger partial charge in [0.15, 0.2) is 30.4 Å². The number of H-pyrrole nitrogens is 4. The van der Waals surface area contributed by atoms with Crippen LogP contribution in [0.15, 0.2) is 58.5 Å². The molecule has 4 fully saturated rings. The average Bonchev–Trinajstić information content (AvgIpc) is 1.63. The Labute approximate surface area is 578 Å². The van der Waals surface area contributed by atoms with Crippen LogP contribution >= 0.6 is 33.7 Å². The van der Waals surface area contributed by atoms with Gasteiger partial charge in [-0.1, -0.05) is 47.2 Å². The Balaban J connectivity index is 0.953. The number of imidazole rings is 1. The Hall–Kier alpha value is -3.47. The van der Waals surface area contributed by atoms with Gasteiger partial charge in [0, 0.05) is 68.9 Å². The minimum atomic E-state index is -5.02. The van der Waals surface area contributed by atoms with Crippen molar-refractivity contribution in [2.75, 3.05) is 59.6 Å². The molecule has 0 bridgehead atoms. The maximum Gasteiger partial charge on any atom is 0.330 e. The van der Waals surface area contributed by atoms with Gasteiger partial charge in [-0.25, -0.2) is 19.4 Å². The number of anilines is 1. The highest BCUT2D eigenvalue weighted by Gasteiger charge is 2.52. The second kappa shape index (κ2) is 32.3. The van der Waals surface area contributed by atoms with Gasteiger partial charge >= 0.3 is 17.1 Å². The van der Waals surface area contributed by atoms with Crippen molar-refractivity contribution >= 4 is 110 Å². The number of aryl methyl sites for hydroxylation is 3. The number of methoxy groups -OCH3 is 2. The maximum atomic E-state index is 14.6. The highest BCUT2D eigenvalue weighted by Crippen LogP contribution is 2.55. The fourth-order valence-corrected chi connectivity index (χ4v) is 18.0. The topological polar surface area (TPSA) is 531 Å². The van der Waals surface area contributed by atoms with Crippen molar-refractivity contribution in [2.45, 2.75) is 146 Å². The van der Waals surface area contributed by atoms with Gasteiger partial charge in [0.1, 0.15) is 88.2 Å². The molecular weight excluding hydrogens is 1510 g/mol. The molecule has 50 heteroatoms. The molecule has 7 unspecified atom stereocenters. The van der Waals surface area contributed by atoms with Crippen molar-refractivity contribution in [3.8, 4) is 0 Å². The third kappa shape index (κ3) is 19.3. The quantitative estimate of drug-likeness (QED) is 0.0143. The summed E-state index contributed by atoms with van der Waals surface area (Å²) < 4.78 is 111. The third-order valence-corrected chi connectivity index (χ3v) is 23.0. The summed E-state index contributed by atoms with van der Waals surface area (Å²) in [7, 11) is 2.29. The van der Waals surface area contributed by atoms with E-state index in [1.165, 1.54) is 38.8 Å². The normalized spacial score (nSPS) is 29.0. The van der Waals surface area contributed by atoms with Crippen LogP contribution in [0.25, 0.3) is 11.2 Å². The van der Waals surface area contributed by atoms with Crippen molar-refractivity contribution in [1.29, 1.82) is 0 Å². The molecule has 0 saturated carbocycles. The summed E-state index contributed by atoms with van der Waals surface area (Å²) in [6, 6.07) is 0. The molecule has 4 aliphatic rings. The molecule has 0 radical (unpaired) electrons. The fourth-order valence-electron chi connectivity index (χ4n) is 10.6. The average molecular weight is 1580 g/mol. The molecule has 0 amide bonds. The van der Waals surface area contributed by atoms with Gasteiger partial charge < -0.3 is 116 Å². The summed E-state index contributed by atoms with van der Waals surface area (Å²) in [6.07, 6.45) is -17.7. The highest BCUT2D eigenvalue weighted by molar-refractivity contribution is 8.32. The van der Waals surface area contributed by atoms with Gasteiger partial charge in [0.05, 0.1) is 57.7 Å². The molecule has 4 saturated heterocycles. The van der Waals surface area contributed by atoms with Crippen LogP contribution in [-0.4, -0.2) is 174 Å². The summed E-state index contributed by atoms with van der Waals surface area (Å²) in [5.74, 6) is -0.265. The zero-order chi connectivity index (χ0) is 71.7. The van der Waals surface area contributed by atoms with Crippen LogP contribution < -0.4 is 64.6 Å². The number of aliphatic hydroxyl groups is 1. The Morgan fingerprint density at radius 2 is 1.03 bits per heavy atom. The minimum Gasteiger partial charge on any atom is -0.780 e. The van der Waals surface area contributed by atoms with Crippen LogP contribution in [0.3, 0.4) is 0 Å². The number of hydrogen-bond acceptors (Lipinski definition) is 37. The number of fused-ring (bicyclic) bond motifs is 1. The molecule has 19 atom stereocenters. The molecule has 5 aromatic heterocycles. The third-order valence-electron chi connectivity index (χ3n) is 15.0. The Morgan fingerprint density at radius 1 is 0.602 bits per heavy atom. The number of nitrogens with zero attached hydrogens (tertiary/aromatic N) is 6. The molecule has 9 heterocycles. The van der Waals surface area contributed by atoms with E-state index < -0.39 is 198 Å². The van der Waals surface area contributed by atoms with E-state index in [0.717, 1.165) is 39.4 Å². The van der Waals surface area contributed by atoms with E-state index in [9.17, 15) is 62.8 Å². The van der Waals surface area contributed by atoms with Crippen LogP contribution in [0.1, 0.15) is 74.7 Å². The van der Waals surface area contributed by atoms with Gasteiger partial charge in [-0.15, -0.1) is 0 Å². The molecule has 7 N–H and O–H groups in total. The standard InChI is InChI=1S/C48H70N11O29P5S5/c1-21(2)84-90(69,95)76-16-28-26(12-32(81-28)59-20-50-33-38(59)51-45(49)52-42(33)64)86-91(70,96)77-17-27-25(11-31(80-27)56-13-22(3)39(61)53-46(56)65)85-92(71,97)78-18-29-35(37(74-7)44(82-29)58-15-24(5)41(63)55-48(58)67)88-93(72,98)79-19-30-34(87-89(68,94)75-10-8-9-60)36(73-6)43(83-30)57-14-23(4)40(62)54-47(57)66/h13-15,20-21,25-32,34-37,43-44,60H,8-12,16-19H2,1-7H3,(H,68,94)(H,69,95)(H,70,96)(H,71,97)(H,72,98)(H,53,61,65)(H,54,62,66)(H,55,63,67)(H3,49,51,52,64)/p-5/t25-,26-,27-,28-,29-,30-,31-,32-,34+,35+,36?,37?,43-,44-,89?,90?,91?,92?,93?/m1/s1. The summed E-state index contributed by atoms with van der Waals surface area (Å²) in [6.45, 7) is -20.3. The molecule has 98 heavy (non-hydrogen) atoms. The minimum absolute atomic E-state index is 0.00540. The number of aromatic amines is 4.